The SMILES string of the molecule is CSc1ccc(CN2CC(c3noc(-c4cc5c(s4)CCCC5)n3)CC2=O)cc1. The zero-order valence-electron chi connectivity index (χ0n) is 16.4. The Balaban J connectivity index is 1.28. The van der Waals surface area contributed by atoms with Crippen molar-refractivity contribution in [2.45, 2.75) is 49.5 Å². The molecule has 1 aliphatic carbocycles. The minimum atomic E-state index is 0.0000530. The quantitative estimate of drug-likeness (QED) is 0.543. The van der Waals surface area contributed by atoms with Gasteiger partial charge in [-0.25, -0.2) is 0 Å². The molecule has 1 amide bonds. The summed E-state index contributed by atoms with van der Waals surface area (Å²) >= 11 is 3.50. The molecule has 0 bridgehead atoms. The predicted molar refractivity (Wildman–Crippen MR) is 115 cm³/mol. The van der Waals surface area contributed by atoms with Gasteiger partial charge in [0, 0.05) is 35.2 Å². The largest absolute Gasteiger partial charge is 0.338 e. The number of nitrogens with zero attached hydrogens (tertiary/aromatic N) is 3. The number of rotatable bonds is 5. The monoisotopic (exact) mass is 425 g/mol. The minimum absolute atomic E-state index is 0.0000530. The Hall–Kier alpha value is -2.12. The van der Waals surface area contributed by atoms with Crippen molar-refractivity contribution in [3.63, 3.8) is 0 Å². The molecule has 2 aromatic heterocycles. The topological polar surface area (TPSA) is 59.2 Å². The highest BCUT2D eigenvalue weighted by molar-refractivity contribution is 7.98. The molecule has 1 fully saturated rings. The van der Waals surface area contributed by atoms with Gasteiger partial charge >= 0.3 is 0 Å². The minimum Gasteiger partial charge on any atom is -0.338 e. The van der Waals surface area contributed by atoms with Crippen molar-refractivity contribution in [2.24, 2.45) is 0 Å². The van der Waals surface area contributed by atoms with Gasteiger partial charge in [0.15, 0.2) is 5.82 Å². The van der Waals surface area contributed by atoms with Gasteiger partial charge in [-0.2, -0.15) is 4.98 Å². The van der Waals surface area contributed by atoms with Crippen LogP contribution in [0.5, 0.6) is 0 Å². The highest BCUT2D eigenvalue weighted by Crippen LogP contribution is 2.36. The van der Waals surface area contributed by atoms with Crippen molar-refractivity contribution in [2.75, 3.05) is 12.8 Å². The Kier molecular flexibility index (Phi) is 5.18. The number of carbonyl (C=O) groups excluding carboxylic acids is 1. The maximum atomic E-state index is 12.5. The maximum Gasteiger partial charge on any atom is 0.268 e. The van der Waals surface area contributed by atoms with Gasteiger partial charge in [-0.05, 0) is 61.3 Å². The van der Waals surface area contributed by atoms with Gasteiger partial charge < -0.3 is 9.42 Å². The van der Waals surface area contributed by atoms with Crippen molar-refractivity contribution < 1.29 is 9.32 Å². The van der Waals surface area contributed by atoms with Gasteiger partial charge in [-0.3, -0.25) is 4.79 Å². The van der Waals surface area contributed by atoms with E-state index in [0.717, 1.165) is 23.3 Å². The van der Waals surface area contributed by atoms with Crippen LogP contribution in [0.2, 0.25) is 0 Å². The molecule has 1 aromatic carbocycles. The summed E-state index contributed by atoms with van der Waals surface area (Å²) in [6, 6.07) is 10.6. The summed E-state index contributed by atoms with van der Waals surface area (Å²) in [5.41, 5.74) is 2.58. The second-order valence-corrected chi connectivity index (χ2v) is 9.76. The van der Waals surface area contributed by atoms with Gasteiger partial charge in [0.05, 0.1) is 4.88 Å². The molecule has 3 heterocycles. The second-order valence-electron chi connectivity index (χ2n) is 7.75. The van der Waals surface area contributed by atoms with E-state index in [2.05, 4.69) is 46.7 Å². The van der Waals surface area contributed by atoms with Crippen LogP contribution < -0.4 is 0 Å². The number of aromatic nitrogens is 2. The first-order chi connectivity index (χ1) is 14.2. The molecule has 5 nitrogen and oxygen atoms in total. The lowest BCUT2D eigenvalue weighted by Crippen LogP contribution is -2.24. The predicted octanol–water partition coefficient (Wildman–Crippen LogP) is 4.91. The van der Waals surface area contributed by atoms with Gasteiger partial charge in [-0.15, -0.1) is 23.1 Å². The van der Waals surface area contributed by atoms with Crippen LogP contribution in [0.1, 0.15) is 47.0 Å². The normalized spacial score (nSPS) is 19.0. The van der Waals surface area contributed by atoms with Gasteiger partial charge in [-0.1, -0.05) is 17.3 Å². The number of benzene rings is 1. The molecule has 0 N–H and O–H groups in total. The van der Waals surface area contributed by atoms with Crippen molar-refractivity contribution >= 4 is 29.0 Å². The third-order valence-electron chi connectivity index (χ3n) is 5.76. The fourth-order valence-electron chi connectivity index (χ4n) is 4.15. The fourth-order valence-corrected chi connectivity index (χ4v) is 5.73. The van der Waals surface area contributed by atoms with Crippen LogP contribution in [0.4, 0.5) is 0 Å². The molecule has 5 rings (SSSR count). The molecule has 1 atom stereocenters. The lowest BCUT2D eigenvalue weighted by molar-refractivity contribution is -0.128. The smallest absolute Gasteiger partial charge is 0.268 e. The average molecular weight is 426 g/mol. The summed E-state index contributed by atoms with van der Waals surface area (Å²) in [7, 11) is 0. The van der Waals surface area contributed by atoms with E-state index in [4.69, 9.17) is 4.52 Å². The first-order valence-electron chi connectivity index (χ1n) is 10.1. The molecule has 0 spiro atoms. The molecule has 3 aromatic rings. The van der Waals surface area contributed by atoms with Gasteiger partial charge in [0.2, 0.25) is 5.91 Å². The highest BCUT2D eigenvalue weighted by Gasteiger charge is 2.34. The van der Waals surface area contributed by atoms with Gasteiger partial charge in [0.1, 0.15) is 0 Å². The van der Waals surface area contributed by atoms with E-state index in [-0.39, 0.29) is 11.8 Å². The molecular weight excluding hydrogens is 402 g/mol. The Morgan fingerprint density at radius 2 is 2.07 bits per heavy atom. The Bertz CT molecular complexity index is 1000. The third kappa shape index (κ3) is 3.85. The van der Waals surface area contributed by atoms with Crippen molar-refractivity contribution in [1.29, 1.82) is 0 Å². The van der Waals surface area contributed by atoms with Crippen LogP contribution >= 0.6 is 23.1 Å². The van der Waals surface area contributed by atoms with Crippen molar-refractivity contribution in [1.82, 2.24) is 15.0 Å². The second kappa shape index (κ2) is 7.95. The molecule has 150 valence electrons. The molecule has 29 heavy (non-hydrogen) atoms. The first kappa shape index (κ1) is 18.9. The van der Waals surface area contributed by atoms with E-state index in [1.165, 1.54) is 28.2 Å². The maximum absolute atomic E-state index is 12.5. The number of hydrogen-bond donors (Lipinski definition) is 0. The molecule has 1 unspecified atom stereocenters. The van der Waals surface area contributed by atoms with Crippen LogP contribution in [-0.2, 0) is 24.2 Å². The zero-order chi connectivity index (χ0) is 19.8. The summed E-state index contributed by atoms with van der Waals surface area (Å²) in [5.74, 6) is 1.40. The number of thioether (sulfide) groups is 1. The Labute approximate surface area is 178 Å². The first-order valence-corrected chi connectivity index (χ1v) is 12.1. The summed E-state index contributed by atoms with van der Waals surface area (Å²) in [5, 5.41) is 4.22. The van der Waals surface area contributed by atoms with E-state index in [1.54, 1.807) is 23.1 Å². The van der Waals surface area contributed by atoms with E-state index in [1.807, 2.05) is 4.90 Å². The van der Waals surface area contributed by atoms with Crippen LogP contribution in [0.15, 0.2) is 39.8 Å². The summed E-state index contributed by atoms with van der Waals surface area (Å²) in [4.78, 5) is 22.8. The summed E-state index contributed by atoms with van der Waals surface area (Å²) < 4.78 is 5.57. The standard InChI is InChI=1S/C22H23N3O2S2/c1-28-17-8-6-14(7-9-17)12-25-13-16(11-20(25)26)21-23-22(27-24-21)19-10-15-4-2-3-5-18(15)29-19/h6-10,16H,2-5,11-13H2,1H3. The van der Waals surface area contributed by atoms with Crippen molar-refractivity contribution in [3.8, 4) is 10.8 Å². The lowest BCUT2D eigenvalue weighted by Gasteiger charge is -2.16. The Morgan fingerprint density at radius 1 is 1.24 bits per heavy atom. The number of hydrogen-bond acceptors (Lipinski definition) is 6. The number of fused-ring (bicyclic) bond motifs is 1. The summed E-state index contributed by atoms with van der Waals surface area (Å²) in [6.45, 7) is 1.27. The van der Waals surface area contributed by atoms with Crippen LogP contribution in [-0.4, -0.2) is 33.7 Å². The molecular formula is C22H23N3O2S2. The molecule has 1 aliphatic heterocycles. The van der Waals surface area contributed by atoms with Gasteiger partial charge in [0.25, 0.3) is 5.89 Å². The number of likely N-dealkylation sites (tertiary alicyclic amines) is 1. The van der Waals surface area contributed by atoms with Crippen LogP contribution in [0.3, 0.4) is 0 Å². The average Bonchev–Trinajstić information content (AvgIpc) is 3.46. The number of thiophene rings is 1. The highest BCUT2D eigenvalue weighted by atomic mass is 32.2. The number of carbonyl (C=O) groups is 1. The molecule has 2 aliphatic rings. The van der Waals surface area contributed by atoms with E-state index in [9.17, 15) is 4.79 Å². The fraction of sp³-hybridized carbons (Fsp3) is 0.409. The van der Waals surface area contributed by atoms with Crippen LogP contribution in [0.25, 0.3) is 10.8 Å². The molecule has 1 saturated heterocycles. The van der Waals surface area contributed by atoms with E-state index < -0.39 is 0 Å². The number of amides is 1. The molecule has 7 heteroatoms. The van der Waals surface area contributed by atoms with Crippen molar-refractivity contribution in [3.05, 3.63) is 52.2 Å². The lowest BCUT2D eigenvalue weighted by atomic mass is 9.99. The molecule has 0 saturated carbocycles. The van der Waals surface area contributed by atoms with E-state index in [0.29, 0.717) is 31.2 Å². The van der Waals surface area contributed by atoms with Crippen LogP contribution in [0, 0.1) is 0 Å². The Morgan fingerprint density at radius 3 is 2.86 bits per heavy atom. The summed E-state index contributed by atoms with van der Waals surface area (Å²) in [6.07, 6.45) is 7.35. The third-order valence-corrected chi connectivity index (χ3v) is 7.73. The van der Waals surface area contributed by atoms with E-state index >= 15 is 0 Å². The zero-order valence-corrected chi connectivity index (χ0v) is 18.0. The molecule has 0 radical (unpaired) electrons. The number of aryl methyl sites for hydroxylation is 2.